The van der Waals surface area contributed by atoms with Crippen molar-refractivity contribution >= 4 is 11.6 Å². The first-order valence-electron chi connectivity index (χ1n) is 6.03. The van der Waals surface area contributed by atoms with Gasteiger partial charge in [0, 0.05) is 30.8 Å². The van der Waals surface area contributed by atoms with Crippen LogP contribution in [0, 0.1) is 5.82 Å². The van der Waals surface area contributed by atoms with Gasteiger partial charge in [-0.05, 0) is 25.5 Å². The molecule has 0 N–H and O–H groups in total. The fourth-order valence-electron chi connectivity index (χ4n) is 2.02. The van der Waals surface area contributed by atoms with Crippen molar-refractivity contribution in [2.45, 2.75) is 19.8 Å². The van der Waals surface area contributed by atoms with Crippen LogP contribution in [0.4, 0.5) is 4.39 Å². The van der Waals surface area contributed by atoms with Crippen molar-refractivity contribution in [1.82, 2.24) is 4.90 Å². The van der Waals surface area contributed by atoms with Crippen LogP contribution in [0.2, 0.25) is 0 Å². The highest BCUT2D eigenvalue weighted by atomic mass is 19.1. The normalized spacial score (nSPS) is 15.6. The van der Waals surface area contributed by atoms with Crippen LogP contribution in [-0.2, 0) is 4.79 Å². The SMILES string of the molecule is CCOc1ccc(C2=CCCC(=O)N2C)c(F)c1. The van der Waals surface area contributed by atoms with E-state index in [1.807, 2.05) is 13.0 Å². The molecule has 0 radical (unpaired) electrons. The highest BCUT2D eigenvalue weighted by Gasteiger charge is 2.21. The van der Waals surface area contributed by atoms with Gasteiger partial charge in [0.1, 0.15) is 11.6 Å². The van der Waals surface area contributed by atoms with Gasteiger partial charge in [-0.1, -0.05) is 6.08 Å². The van der Waals surface area contributed by atoms with Crippen molar-refractivity contribution in [3.8, 4) is 5.75 Å². The number of hydrogen-bond acceptors (Lipinski definition) is 2. The molecule has 2 rings (SSSR count). The topological polar surface area (TPSA) is 29.5 Å². The lowest BCUT2D eigenvalue weighted by atomic mass is 10.0. The molecule has 0 aliphatic carbocycles. The molecule has 96 valence electrons. The lowest BCUT2D eigenvalue weighted by Gasteiger charge is -2.25. The number of rotatable bonds is 3. The van der Waals surface area contributed by atoms with E-state index in [1.54, 1.807) is 19.2 Å². The van der Waals surface area contributed by atoms with E-state index in [2.05, 4.69) is 0 Å². The Morgan fingerprint density at radius 1 is 1.44 bits per heavy atom. The van der Waals surface area contributed by atoms with Crippen molar-refractivity contribution in [2.24, 2.45) is 0 Å². The Labute approximate surface area is 106 Å². The summed E-state index contributed by atoms with van der Waals surface area (Å²) in [5.74, 6) is 0.152. The Kier molecular flexibility index (Phi) is 3.65. The minimum absolute atomic E-state index is 0.0146. The van der Waals surface area contributed by atoms with E-state index in [1.165, 1.54) is 11.0 Å². The molecule has 3 nitrogen and oxygen atoms in total. The summed E-state index contributed by atoms with van der Waals surface area (Å²) in [6, 6.07) is 4.73. The second-order valence-corrected chi connectivity index (χ2v) is 4.16. The Hall–Kier alpha value is -1.84. The second-order valence-electron chi connectivity index (χ2n) is 4.16. The zero-order chi connectivity index (χ0) is 13.1. The van der Waals surface area contributed by atoms with Crippen LogP contribution < -0.4 is 4.74 Å². The van der Waals surface area contributed by atoms with Crippen LogP contribution in [0.25, 0.3) is 5.70 Å². The first-order valence-corrected chi connectivity index (χ1v) is 6.03. The molecule has 0 saturated carbocycles. The Balaban J connectivity index is 2.34. The molecule has 0 bridgehead atoms. The number of halogens is 1. The predicted molar refractivity (Wildman–Crippen MR) is 67.6 cm³/mol. The monoisotopic (exact) mass is 249 g/mol. The molecule has 1 amide bonds. The highest BCUT2D eigenvalue weighted by molar-refractivity contribution is 5.88. The molecule has 18 heavy (non-hydrogen) atoms. The van der Waals surface area contributed by atoms with E-state index >= 15 is 0 Å². The summed E-state index contributed by atoms with van der Waals surface area (Å²) in [7, 11) is 1.67. The highest BCUT2D eigenvalue weighted by Crippen LogP contribution is 2.28. The maximum atomic E-state index is 14.0. The molecule has 1 aromatic rings. The summed E-state index contributed by atoms with van der Waals surface area (Å²) >= 11 is 0. The molecule has 1 heterocycles. The van der Waals surface area contributed by atoms with Crippen LogP contribution in [0.5, 0.6) is 5.75 Å². The maximum absolute atomic E-state index is 14.0. The molecule has 0 spiro atoms. The van der Waals surface area contributed by atoms with Crippen molar-refractivity contribution < 1.29 is 13.9 Å². The fourth-order valence-corrected chi connectivity index (χ4v) is 2.02. The Bertz CT molecular complexity index is 497. The third-order valence-corrected chi connectivity index (χ3v) is 2.96. The number of allylic oxidation sites excluding steroid dienone is 1. The van der Waals surface area contributed by atoms with E-state index in [4.69, 9.17) is 4.74 Å². The number of amides is 1. The first-order chi connectivity index (χ1) is 8.63. The van der Waals surface area contributed by atoms with Gasteiger partial charge in [0.15, 0.2) is 0 Å². The van der Waals surface area contributed by atoms with Gasteiger partial charge in [-0.2, -0.15) is 0 Å². The van der Waals surface area contributed by atoms with Crippen LogP contribution in [-0.4, -0.2) is 24.5 Å². The quantitative estimate of drug-likeness (QED) is 0.824. The molecule has 4 heteroatoms. The Morgan fingerprint density at radius 2 is 2.22 bits per heavy atom. The van der Waals surface area contributed by atoms with Crippen molar-refractivity contribution in [3.05, 3.63) is 35.7 Å². The average molecular weight is 249 g/mol. The lowest BCUT2D eigenvalue weighted by molar-refractivity contribution is -0.127. The minimum Gasteiger partial charge on any atom is -0.494 e. The predicted octanol–water partition coefficient (Wildman–Crippen LogP) is 2.82. The number of benzene rings is 1. The van der Waals surface area contributed by atoms with Gasteiger partial charge < -0.3 is 9.64 Å². The van der Waals surface area contributed by atoms with Crippen molar-refractivity contribution in [2.75, 3.05) is 13.7 Å². The van der Waals surface area contributed by atoms with Crippen molar-refractivity contribution in [3.63, 3.8) is 0 Å². The summed E-state index contributed by atoms with van der Waals surface area (Å²) < 4.78 is 19.2. The fraction of sp³-hybridized carbons (Fsp3) is 0.357. The number of hydrogen-bond donors (Lipinski definition) is 0. The molecular weight excluding hydrogens is 233 g/mol. The number of carbonyl (C=O) groups is 1. The van der Waals surface area contributed by atoms with E-state index in [-0.39, 0.29) is 11.7 Å². The molecule has 0 saturated heterocycles. The van der Waals surface area contributed by atoms with Crippen molar-refractivity contribution in [1.29, 1.82) is 0 Å². The van der Waals surface area contributed by atoms with Crippen LogP contribution in [0.15, 0.2) is 24.3 Å². The summed E-state index contributed by atoms with van der Waals surface area (Å²) in [6.07, 6.45) is 3.03. The molecule has 0 fully saturated rings. The first kappa shape index (κ1) is 12.6. The van der Waals surface area contributed by atoms with Crippen LogP contribution in [0.1, 0.15) is 25.3 Å². The van der Waals surface area contributed by atoms with Gasteiger partial charge in [0.25, 0.3) is 0 Å². The number of carbonyl (C=O) groups excluding carboxylic acids is 1. The Morgan fingerprint density at radius 3 is 2.89 bits per heavy atom. The van der Waals surface area contributed by atoms with Gasteiger partial charge >= 0.3 is 0 Å². The summed E-state index contributed by atoms with van der Waals surface area (Å²) in [5, 5.41) is 0. The van der Waals surface area contributed by atoms with Gasteiger partial charge in [0.2, 0.25) is 5.91 Å². The van der Waals surface area contributed by atoms with E-state index in [0.717, 1.165) is 0 Å². The zero-order valence-corrected chi connectivity index (χ0v) is 10.6. The molecule has 1 aliphatic heterocycles. The molecule has 1 aromatic carbocycles. The molecule has 1 aliphatic rings. The van der Waals surface area contributed by atoms with Crippen LogP contribution in [0.3, 0.4) is 0 Å². The molecule has 0 aromatic heterocycles. The third kappa shape index (κ3) is 2.37. The lowest BCUT2D eigenvalue weighted by Crippen LogP contribution is -2.28. The van der Waals surface area contributed by atoms with Gasteiger partial charge in [-0.3, -0.25) is 4.79 Å². The van der Waals surface area contributed by atoms with Gasteiger partial charge in [-0.25, -0.2) is 4.39 Å². The minimum atomic E-state index is -0.367. The molecule has 0 atom stereocenters. The smallest absolute Gasteiger partial charge is 0.227 e. The summed E-state index contributed by atoms with van der Waals surface area (Å²) in [5.41, 5.74) is 1.07. The standard InChI is InChI=1S/C14H16FNO2/c1-3-18-10-7-8-11(12(15)9-10)13-5-4-6-14(17)16(13)2/h5,7-9H,3-4,6H2,1-2H3. The number of ether oxygens (including phenoxy) is 1. The second kappa shape index (κ2) is 5.21. The maximum Gasteiger partial charge on any atom is 0.227 e. The van der Waals surface area contributed by atoms with E-state index in [0.29, 0.717) is 36.5 Å². The molecule has 0 unspecified atom stereocenters. The summed E-state index contributed by atoms with van der Waals surface area (Å²) in [4.78, 5) is 13.1. The number of nitrogens with zero attached hydrogens (tertiary/aromatic N) is 1. The third-order valence-electron chi connectivity index (χ3n) is 2.96. The van der Waals surface area contributed by atoms with Crippen LogP contribution >= 0.6 is 0 Å². The van der Waals surface area contributed by atoms with Gasteiger partial charge in [-0.15, -0.1) is 0 Å². The molecular formula is C14H16FNO2. The zero-order valence-electron chi connectivity index (χ0n) is 10.6. The summed E-state index contributed by atoms with van der Waals surface area (Å²) in [6.45, 7) is 2.35. The van der Waals surface area contributed by atoms with E-state index in [9.17, 15) is 9.18 Å². The van der Waals surface area contributed by atoms with Gasteiger partial charge in [0.05, 0.1) is 6.61 Å². The largest absolute Gasteiger partial charge is 0.494 e. The average Bonchev–Trinajstić information content (AvgIpc) is 2.34. The van der Waals surface area contributed by atoms with E-state index < -0.39 is 0 Å².